The number of aromatic nitrogens is 3. The Morgan fingerprint density at radius 3 is 2.62 bits per heavy atom. The summed E-state index contributed by atoms with van der Waals surface area (Å²) in [6.07, 6.45) is 0.839. The summed E-state index contributed by atoms with van der Waals surface area (Å²) in [7, 11) is 1.59. The van der Waals surface area contributed by atoms with Gasteiger partial charge >= 0.3 is 12.0 Å². The van der Waals surface area contributed by atoms with Gasteiger partial charge in [0.1, 0.15) is 11.5 Å². The summed E-state index contributed by atoms with van der Waals surface area (Å²) in [6, 6.07) is 5.48. The molecule has 0 saturated heterocycles. The van der Waals surface area contributed by atoms with Crippen molar-refractivity contribution in [3.63, 3.8) is 0 Å². The van der Waals surface area contributed by atoms with Crippen LogP contribution in [0.15, 0.2) is 22.7 Å². The van der Waals surface area contributed by atoms with E-state index < -0.39 is 0 Å². The average Bonchev–Trinajstić information content (AvgIpc) is 2.46. The molecule has 0 amide bonds. The van der Waals surface area contributed by atoms with Crippen LogP contribution in [0.2, 0.25) is 0 Å². The Hall–Kier alpha value is -2.09. The first-order valence-corrected chi connectivity index (χ1v) is 7.07. The predicted octanol–water partition coefficient (Wildman–Crippen LogP) is 2.81. The lowest BCUT2D eigenvalue weighted by Crippen LogP contribution is -2.05. The van der Waals surface area contributed by atoms with Gasteiger partial charge in [0, 0.05) is 0 Å². The maximum absolute atomic E-state index is 5.61. The minimum Gasteiger partial charge on any atom is -0.497 e. The minimum absolute atomic E-state index is 0.0377. The van der Waals surface area contributed by atoms with Gasteiger partial charge in [-0.2, -0.15) is 9.97 Å². The number of methoxy groups -OCH3 is 1. The van der Waals surface area contributed by atoms with Crippen LogP contribution < -0.4 is 19.9 Å². The Bertz CT molecular complexity index is 624. The molecule has 7 nitrogen and oxygen atoms in total. The largest absolute Gasteiger partial charge is 0.497 e. The maximum Gasteiger partial charge on any atom is 0.330 e. The van der Waals surface area contributed by atoms with Crippen molar-refractivity contribution in [2.75, 3.05) is 19.5 Å². The van der Waals surface area contributed by atoms with Crippen molar-refractivity contribution in [3.8, 4) is 23.5 Å². The molecule has 0 bridgehead atoms. The summed E-state index contributed by atoms with van der Waals surface area (Å²) in [6.45, 7) is 2.48. The zero-order chi connectivity index (χ0) is 15.2. The molecule has 2 rings (SSSR count). The molecule has 112 valence electrons. The molecule has 1 heterocycles. The molecule has 0 radical (unpaired) electrons. The van der Waals surface area contributed by atoms with Crippen LogP contribution in [0, 0.1) is 0 Å². The molecule has 0 aliphatic carbocycles. The second-order valence-corrected chi connectivity index (χ2v) is 4.86. The summed E-state index contributed by atoms with van der Waals surface area (Å²) >= 11 is 3.39. The van der Waals surface area contributed by atoms with Gasteiger partial charge in [-0.3, -0.25) is 0 Å². The number of ether oxygens (including phenoxy) is 3. The molecule has 0 aliphatic rings. The molecule has 2 aromatic rings. The van der Waals surface area contributed by atoms with Gasteiger partial charge in [-0.15, -0.1) is 4.98 Å². The molecule has 0 saturated carbocycles. The smallest absolute Gasteiger partial charge is 0.330 e. The number of nitrogens with two attached hydrogens (primary N) is 1. The van der Waals surface area contributed by atoms with Gasteiger partial charge < -0.3 is 19.9 Å². The van der Waals surface area contributed by atoms with Gasteiger partial charge in [-0.25, -0.2) is 0 Å². The summed E-state index contributed by atoms with van der Waals surface area (Å²) < 4.78 is 16.7. The molecular weight excluding hydrogens is 340 g/mol. The van der Waals surface area contributed by atoms with E-state index in [1.807, 2.05) is 6.92 Å². The van der Waals surface area contributed by atoms with Crippen LogP contribution in [0.1, 0.15) is 13.3 Å². The summed E-state index contributed by atoms with van der Waals surface area (Å²) in [5.74, 6) is 1.27. The fraction of sp³-hybridized carbons (Fsp3) is 0.308. The van der Waals surface area contributed by atoms with Gasteiger partial charge in [0.2, 0.25) is 5.95 Å². The second kappa shape index (κ2) is 7.07. The molecular formula is C13H15BrN4O3. The van der Waals surface area contributed by atoms with Crippen molar-refractivity contribution in [1.29, 1.82) is 0 Å². The Kier molecular flexibility index (Phi) is 5.15. The van der Waals surface area contributed by atoms with Gasteiger partial charge in [0.25, 0.3) is 0 Å². The third-order valence-corrected chi connectivity index (χ3v) is 3.01. The van der Waals surface area contributed by atoms with Crippen LogP contribution in [-0.4, -0.2) is 28.7 Å². The lowest BCUT2D eigenvalue weighted by Gasteiger charge is -2.09. The Balaban J connectivity index is 2.20. The molecule has 21 heavy (non-hydrogen) atoms. The van der Waals surface area contributed by atoms with Crippen molar-refractivity contribution < 1.29 is 14.2 Å². The first-order chi connectivity index (χ1) is 10.1. The number of hydrogen-bond acceptors (Lipinski definition) is 7. The number of halogens is 1. The lowest BCUT2D eigenvalue weighted by molar-refractivity contribution is 0.285. The Morgan fingerprint density at radius 2 is 1.95 bits per heavy atom. The van der Waals surface area contributed by atoms with E-state index >= 15 is 0 Å². The first kappa shape index (κ1) is 15.3. The normalized spacial score (nSPS) is 10.2. The van der Waals surface area contributed by atoms with Crippen LogP contribution in [-0.2, 0) is 0 Å². The van der Waals surface area contributed by atoms with E-state index in [1.54, 1.807) is 25.3 Å². The number of nitrogens with zero attached hydrogens (tertiary/aromatic N) is 3. The van der Waals surface area contributed by atoms with E-state index in [2.05, 4.69) is 30.9 Å². The third kappa shape index (κ3) is 4.19. The van der Waals surface area contributed by atoms with Gasteiger partial charge in [0.15, 0.2) is 0 Å². The van der Waals surface area contributed by atoms with Crippen molar-refractivity contribution in [1.82, 2.24) is 15.0 Å². The summed E-state index contributed by atoms with van der Waals surface area (Å²) in [4.78, 5) is 11.9. The molecule has 0 spiro atoms. The van der Waals surface area contributed by atoms with E-state index in [-0.39, 0.29) is 18.0 Å². The SMILES string of the molecule is CCCOc1nc(N)nc(Oc2ccc(OC)cc2Br)n1. The first-order valence-electron chi connectivity index (χ1n) is 6.28. The van der Waals surface area contributed by atoms with Gasteiger partial charge in [-0.1, -0.05) is 6.92 Å². The molecule has 0 atom stereocenters. The topological polar surface area (TPSA) is 92.4 Å². The standard InChI is InChI=1S/C13H15BrN4O3/c1-3-6-20-12-16-11(15)17-13(18-12)21-10-5-4-8(19-2)7-9(10)14/h4-5,7H,3,6H2,1-2H3,(H2,15,16,17,18). The number of benzene rings is 1. The predicted molar refractivity (Wildman–Crippen MR) is 80.8 cm³/mol. The highest BCUT2D eigenvalue weighted by atomic mass is 79.9. The number of rotatable bonds is 6. The highest BCUT2D eigenvalue weighted by Crippen LogP contribution is 2.31. The Morgan fingerprint density at radius 1 is 1.19 bits per heavy atom. The van der Waals surface area contributed by atoms with Crippen LogP contribution in [0.4, 0.5) is 5.95 Å². The van der Waals surface area contributed by atoms with Gasteiger partial charge in [-0.05, 0) is 40.5 Å². The molecule has 1 aromatic carbocycles. The van der Waals surface area contributed by atoms with Crippen LogP contribution in [0.3, 0.4) is 0 Å². The molecule has 0 aliphatic heterocycles. The second-order valence-electron chi connectivity index (χ2n) is 4.01. The quantitative estimate of drug-likeness (QED) is 0.852. The number of nitrogen functional groups attached to an aromatic ring is 1. The zero-order valence-corrected chi connectivity index (χ0v) is 13.3. The maximum atomic E-state index is 5.61. The number of hydrogen-bond donors (Lipinski definition) is 1. The van der Waals surface area contributed by atoms with Crippen molar-refractivity contribution in [3.05, 3.63) is 22.7 Å². The van der Waals surface area contributed by atoms with E-state index in [1.165, 1.54) is 0 Å². The lowest BCUT2D eigenvalue weighted by atomic mass is 10.3. The zero-order valence-electron chi connectivity index (χ0n) is 11.7. The van der Waals surface area contributed by atoms with E-state index in [9.17, 15) is 0 Å². The van der Waals surface area contributed by atoms with Crippen LogP contribution in [0.5, 0.6) is 23.5 Å². The molecule has 2 N–H and O–H groups in total. The molecule has 8 heteroatoms. The van der Waals surface area contributed by atoms with Crippen molar-refractivity contribution in [2.24, 2.45) is 0 Å². The van der Waals surface area contributed by atoms with Crippen molar-refractivity contribution >= 4 is 21.9 Å². The third-order valence-electron chi connectivity index (χ3n) is 2.39. The van der Waals surface area contributed by atoms with Crippen molar-refractivity contribution in [2.45, 2.75) is 13.3 Å². The van der Waals surface area contributed by atoms with E-state index in [0.29, 0.717) is 22.6 Å². The molecule has 0 unspecified atom stereocenters. The van der Waals surface area contributed by atoms with E-state index in [4.69, 9.17) is 19.9 Å². The average molecular weight is 355 g/mol. The summed E-state index contributed by atoms with van der Waals surface area (Å²) in [5, 5.41) is 0. The Labute approximate surface area is 130 Å². The monoisotopic (exact) mass is 354 g/mol. The number of anilines is 1. The van der Waals surface area contributed by atoms with E-state index in [0.717, 1.165) is 6.42 Å². The minimum atomic E-state index is 0.0377. The molecule has 1 aromatic heterocycles. The molecule has 0 fully saturated rings. The highest BCUT2D eigenvalue weighted by molar-refractivity contribution is 9.10. The van der Waals surface area contributed by atoms with Gasteiger partial charge in [0.05, 0.1) is 18.2 Å². The fourth-order valence-corrected chi connectivity index (χ4v) is 1.88. The fourth-order valence-electron chi connectivity index (χ4n) is 1.45. The van der Waals surface area contributed by atoms with Crippen LogP contribution in [0.25, 0.3) is 0 Å². The summed E-state index contributed by atoms with van der Waals surface area (Å²) in [5.41, 5.74) is 5.61. The highest BCUT2D eigenvalue weighted by Gasteiger charge is 2.10. The van der Waals surface area contributed by atoms with Crippen LogP contribution >= 0.6 is 15.9 Å².